The van der Waals surface area contributed by atoms with Gasteiger partial charge < -0.3 is 5.32 Å². The van der Waals surface area contributed by atoms with Crippen LogP contribution >= 0.6 is 0 Å². The van der Waals surface area contributed by atoms with E-state index in [1.54, 1.807) is 12.4 Å². The lowest BCUT2D eigenvalue weighted by Crippen LogP contribution is -2.02. The van der Waals surface area contributed by atoms with Crippen LogP contribution < -0.4 is 5.32 Å². The summed E-state index contributed by atoms with van der Waals surface area (Å²) in [6.07, 6.45) is 3.35. The van der Waals surface area contributed by atoms with Gasteiger partial charge >= 0.3 is 0 Å². The molecule has 0 aromatic carbocycles. The van der Waals surface area contributed by atoms with Crippen LogP contribution in [0.5, 0.6) is 0 Å². The SMILES string of the molecule is c1cnnc(CNc2ccn[nH]2)c1. The maximum Gasteiger partial charge on any atom is 0.121 e. The van der Waals surface area contributed by atoms with E-state index in [1.165, 1.54) is 0 Å². The number of aromatic amines is 1. The Kier molecular flexibility index (Phi) is 2.18. The molecule has 2 heterocycles. The van der Waals surface area contributed by atoms with Gasteiger partial charge in [0.05, 0.1) is 18.4 Å². The van der Waals surface area contributed by atoms with Gasteiger partial charge in [0.1, 0.15) is 5.82 Å². The summed E-state index contributed by atoms with van der Waals surface area (Å²) >= 11 is 0. The molecule has 0 fully saturated rings. The van der Waals surface area contributed by atoms with Crippen molar-refractivity contribution in [2.45, 2.75) is 6.54 Å². The second-order valence-corrected chi connectivity index (χ2v) is 2.54. The molecule has 0 amide bonds. The van der Waals surface area contributed by atoms with Crippen molar-refractivity contribution in [2.24, 2.45) is 0 Å². The predicted molar refractivity (Wildman–Crippen MR) is 47.9 cm³/mol. The minimum Gasteiger partial charge on any atom is -0.365 e. The molecule has 0 bridgehead atoms. The van der Waals surface area contributed by atoms with Gasteiger partial charge in [0, 0.05) is 6.20 Å². The standard InChI is InChI=1S/C8H9N5/c1-2-7(12-10-4-1)6-9-8-3-5-11-13-8/h1-5H,6H2,(H2,9,11,13). The molecule has 5 heteroatoms. The van der Waals surface area contributed by atoms with Crippen LogP contribution in [0.15, 0.2) is 30.6 Å². The first kappa shape index (κ1) is 7.72. The summed E-state index contributed by atoms with van der Waals surface area (Å²) in [6.45, 7) is 0.649. The summed E-state index contributed by atoms with van der Waals surface area (Å²) in [5.41, 5.74) is 0.900. The molecular formula is C8H9N5. The van der Waals surface area contributed by atoms with Gasteiger partial charge in [0.2, 0.25) is 0 Å². The van der Waals surface area contributed by atoms with E-state index in [2.05, 4.69) is 25.7 Å². The number of rotatable bonds is 3. The normalized spacial score (nSPS) is 9.85. The molecule has 0 aliphatic rings. The number of aromatic nitrogens is 4. The van der Waals surface area contributed by atoms with Gasteiger partial charge in [-0.15, -0.1) is 0 Å². The molecule has 0 radical (unpaired) electrons. The van der Waals surface area contributed by atoms with Gasteiger partial charge in [-0.2, -0.15) is 15.3 Å². The van der Waals surface area contributed by atoms with Gasteiger partial charge in [-0.25, -0.2) is 0 Å². The van der Waals surface area contributed by atoms with Crippen LogP contribution in [0.25, 0.3) is 0 Å². The van der Waals surface area contributed by atoms with Gasteiger partial charge in [-0.1, -0.05) is 0 Å². The maximum atomic E-state index is 3.93. The Morgan fingerprint density at radius 3 is 3.00 bits per heavy atom. The van der Waals surface area contributed by atoms with Crippen LogP contribution in [-0.4, -0.2) is 20.4 Å². The molecule has 0 aliphatic carbocycles. The highest BCUT2D eigenvalue weighted by molar-refractivity contribution is 5.31. The van der Waals surface area contributed by atoms with E-state index in [-0.39, 0.29) is 0 Å². The van der Waals surface area contributed by atoms with Crippen molar-refractivity contribution in [3.8, 4) is 0 Å². The van der Waals surface area contributed by atoms with Gasteiger partial charge in [0.15, 0.2) is 0 Å². The van der Waals surface area contributed by atoms with Crippen LogP contribution in [0.4, 0.5) is 5.82 Å². The number of H-pyrrole nitrogens is 1. The molecule has 66 valence electrons. The zero-order valence-electron chi connectivity index (χ0n) is 6.94. The second-order valence-electron chi connectivity index (χ2n) is 2.54. The maximum absolute atomic E-state index is 3.93. The fraction of sp³-hybridized carbons (Fsp3) is 0.125. The van der Waals surface area contributed by atoms with Crippen molar-refractivity contribution < 1.29 is 0 Å². The number of nitrogens with zero attached hydrogens (tertiary/aromatic N) is 3. The fourth-order valence-corrected chi connectivity index (χ4v) is 0.968. The average Bonchev–Trinajstić information content (AvgIpc) is 2.69. The van der Waals surface area contributed by atoms with E-state index < -0.39 is 0 Å². The van der Waals surface area contributed by atoms with Gasteiger partial charge in [-0.3, -0.25) is 5.10 Å². The quantitative estimate of drug-likeness (QED) is 0.724. The van der Waals surface area contributed by atoms with Gasteiger partial charge in [0.25, 0.3) is 0 Å². The lowest BCUT2D eigenvalue weighted by molar-refractivity contribution is 0.918. The zero-order valence-corrected chi connectivity index (χ0v) is 6.94. The lowest BCUT2D eigenvalue weighted by Gasteiger charge is -2.00. The van der Waals surface area contributed by atoms with E-state index >= 15 is 0 Å². The second kappa shape index (κ2) is 3.66. The summed E-state index contributed by atoms with van der Waals surface area (Å²) in [6, 6.07) is 5.63. The first-order chi connectivity index (χ1) is 6.45. The largest absolute Gasteiger partial charge is 0.365 e. The van der Waals surface area contributed by atoms with Crippen molar-refractivity contribution in [3.05, 3.63) is 36.3 Å². The Morgan fingerprint density at radius 1 is 1.31 bits per heavy atom. The highest BCUT2D eigenvalue weighted by Gasteiger charge is 1.94. The van der Waals surface area contributed by atoms with Crippen molar-refractivity contribution in [1.29, 1.82) is 0 Å². The molecule has 5 nitrogen and oxygen atoms in total. The number of anilines is 1. The van der Waals surface area contributed by atoms with Crippen molar-refractivity contribution in [1.82, 2.24) is 20.4 Å². The minimum absolute atomic E-state index is 0.649. The predicted octanol–water partition coefficient (Wildman–Crippen LogP) is 0.812. The third kappa shape index (κ3) is 2.02. The molecule has 2 aromatic heterocycles. The monoisotopic (exact) mass is 175 g/mol. The minimum atomic E-state index is 0.649. The number of hydrogen-bond donors (Lipinski definition) is 2. The van der Waals surface area contributed by atoms with Gasteiger partial charge in [-0.05, 0) is 18.2 Å². The molecule has 2 N–H and O–H groups in total. The molecule has 0 unspecified atom stereocenters. The molecule has 0 atom stereocenters. The smallest absolute Gasteiger partial charge is 0.121 e. The molecule has 0 spiro atoms. The van der Waals surface area contributed by atoms with Crippen molar-refractivity contribution in [3.63, 3.8) is 0 Å². The molecule has 2 rings (SSSR count). The molecule has 0 aliphatic heterocycles. The lowest BCUT2D eigenvalue weighted by atomic mass is 10.4. The van der Waals surface area contributed by atoms with Crippen molar-refractivity contribution >= 4 is 5.82 Å². The third-order valence-corrected chi connectivity index (χ3v) is 1.59. The highest BCUT2D eigenvalue weighted by atomic mass is 15.2. The van der Waals surface area contributed by atoms with Crippen LogP contribution in [0.3, 0.4) is 0 Å². The molecule has 2 aromatic rings. The Balaban J connectivity index is 1.94. The van der Waals surface area contributed by atoms with Crippen LogP contribution in [0.1, 0.15) is 5.69 Å². The highest BCUT2D eigenvalue weighted by Crippen LogP contribution is 2.00. The fourth-order valence-electron chi connectivity index (χ4n) is 0.968. The Labute approximate surface area is 75.2 Å². The first-order valence-electron chi connectivity index (χ1n) is 3.95. The van der Waals surface area contributed by atoms with E-state index in [0.717, 1.165) is 11.5 Å². The molecule has 0 saturated heterocycles. The number of nitrogens with one attached hydrogen (secondary N) is 2. The van der Waals surface area contributed by atoms with E-state index in [4.69, 9.17) is 0 Å². The molecule has 13 heavy (non-hydrogen) atoms. The van der Waals surface area contributed by atoms with E-state index in [0.29, 0.717) is 6.54 Å². The summed E-state index contributed by atoms with van der Waals surface area (Å²) in [5.74, 6) is 0.880. The topological polar surface area (TPSA) is 66.5 Å². The van der Waals surface area contributed by atoms with E-state index in [9.17, 15) is 0 Å². The van der Waals surface area contributed by atoms with Crippen LogP contribution in [0.2, 0.25) is 0 Å². The summed E-state index contributed by atoms with van der Waals surface area (Å²) in [7, 11) is 0. The Hall–Kier alpha value is -1.91. The van der Waals surface area contributed by atoms with Crippen LogP contribution in [0, 0.1) is 0 Å². The van der Waals surface area contributed by atoms with Crippen LogP contribution in [-0.2, 0) is 6.54 Å². The van der Waals surface area contributed by atoms with Crippen molar-refractivity contribution in [2.75, 3.05) is 5.32 Å². The zero-order chi connectivity index (χ0) is 8.93. The Bertz CT molecular complexity index is 342. The number of hydrogen-bond acceptors (Lipinski definition) is 4. The average molecular weight is 175 g/mol. The Morgan fingerprint density at radius 2 is 2.31 bits per heavy atom. The summed E-state index contributed by atoms with van der Waals surface area (Å²) in [5, 5.41) is 17.4. The molecular weight excluding hydrogens is 166 g/mol. The van der Waals surface area contributed by atoms with E-state index in [1.807, 2.05) is 18.2 Å². The third-order valence-electron chi connectivity index (χ3n) is 1.59. The first-order valence-corrected chi connectivity index (χ1v) is 3.95. The summed E-state index contributed by atoms with van der Waals surface area (Å²) < 4.78 is 0. The summed E-state index contributed by atoms with van der Waals surface area (Å²) in [4.78, 5) is 0. The molecule has 0 saturated carbocycles.